The number of benzene rings is 2. The maximum Gasteiger partial charge on any atom is 0.491 e. The number of nitrogen functional groups attached to an aromatic ring is 1. The number of halogens is 1. The third kappa shape index (κ3) is 3.41. The Bertz CT molecular complexity index is 679. The summed E-state index contributed by atoms with van der Waals surface area (Å²) in [5.41, 5.74) is 8.85. The van der Waals surface area contributed by atoms with Crippen LogP contribution in [0.5, 0.6) is 5.75 Å². The highest BCUT2D eigenvalue weighted by molar-refractivity contribution is 6.61. The molecular weight excluding hydrogens is 302 g/mol. The van der Waals surface area contributed by atoms with E-state index in [1.54, 1.807) is 24.3 Å². The maximum absolute atomic E-state index is 9.68. The van der Waals surface area contributed by atoms with Gasteiger partial charge in [0.2, 0.25) is 0 Å². The van der Waals surface area contributed by atoms with E-state index < -0.39 is 7.12 Å². The van der Waals surface area contributed by atoms with Gasteiger partial charge in [0.15, 0.2) is 0 Å². The molecule has 0 saturated carbocycles. The van der Waals surface area contributed by atoms with Crippen molar-refractivity contribution in [2.75, 3.05) is 0 Å². The van der Waals surface area contributed by atoms with Crippen LogP contribution in [0.25, 0.3) is 0 Å². The fourth-order valence-electron chi connectivity index (χ4n) is 2.25. The summed E-state index contributed by atoms with van der Waals surface area (Å²) in [6.45, 7) is 0.851. The number of nitrogens with one attached hydrogen (secondary N) is 1. The molecule has 0 spiro atoms. The number of fused-ring (bicyclic) bond motifs is 1. The van der Waals surface area contributed by atoms with E-state index in [2.05, 4.69) is 0 Å². The van der Waals surface area contributed by atoms with Crippen molar-refractivity contribution in [3.8, 4) is 5.75 Å². The van der Waals surface area contributed by atoms with Gasteiger partial charge in [0.05, 0.1) is 6.61 Å². The predicted octanol–water partition coefficient (Wildman–Crippen LogP) is 1.19. The number of hydrogen-bond acceptors (Lipinski definition) is 4. The van der Waals surface area contributed by atoms with Crippen LogP contribution in [-0.4, -0.2) is 18.0 Å². The van der Waals surface area contributed by atoms with Crippen LogP contribution in [-0.2, 0) is 17.9 Å². The van der Waals surface area contributed by atoms with E-state index in [4.69, 9.17) is 20.5 Å². The second-order valence-electron chi connectivity index (χ2n) is 4.92. The minimum atomic E-state index is -0.838. The number of amidine groups is 1. The number of ether oxygens (including phenoxy) is 1. The van der Waals surface area contributed by atoms with Gasteiger partial charge in [-0.15, -0.1) is 12.4 Å². The zero-order chi connectivity index (χ0) is 14.8. The van der Waals surface area contributed by atoms with Crippen molar-refractivity contribution < 1.29 is 14.4 Å². The van der Waals surface area contributed by atoms with E-state index in [0.29, 0.717) is 24.5 Å². The number of nitrogens with two attached hydrogens (primary N) is 1. The van der Waals surface area contributed by atoms with E-state index in [0.717, 1.165) is 16.6 Å². The molecular formula is C15H16BClN2O3. The zero-order valence-corrected chi connectivity index (χ0v) is 12.6. The highest BCUT2D eigenvalue weighted by Crippen LogP contribution is 2.16. The topological polar surface area (TPSA) is 88.6 Å². The van der Waals surface area contributed by atoms with Gasteiger partial charge in [-0.25, -0.2) is 0 Å². The lowest BCUT2D eigenvalue weighted by molar-refractivity contribution is 0.275. The lowest BCUT2D eigenvalue weighted by atomic mass is 9.79. The molecule has 0 fully saturated rings. The Hall–Kier alpha value is -2.02. The standard InChI is InChI=1S/C15H15BN2O3.ClH/c17-15(18)11-3-5-13(6-4-11)20-8-10-1-2-12-9-21-16(19)14(12)7-10;/h1-7,19H,8-9H2,(H3,17,18);1H. The molecule has 114 valence electrons. The van der Waals surface area contributed by atoms with Crippen molar-refractivity contribution in [1.29, 1.82) is 5.41 Å². The van der Waals surface area contributed by atoms with E-state index in [9.17, 15) is 5.02 Å². The highest BCUT2D eigenvalue weighted by Gasteiger charge is 2.27. The van der Waals surface area contributed by atoms with Crippen molar-refractivity contribution in [3.05, 3.63) is 59.2 Å². The molecule has 0 atom stereocenters. The summed E-state index contributed by atoms with van der Waals surface area (Å²) in [5.74, 6) is 0.742. The van der Waals surface area contributed by atoms with Crippen LogP contribution in [0.3, 0.4) is 0 Å². The molecule has 0 aliphatic carbocycles. The number of hydrogen-bond donors (Lipinski definition) is 3. The van der Waals surface area contributed by atoms with E-state index in [-0.39, 0.29) is 18.2 Å². The van der Waals surface area contributed by atoms with Crippen LogP contribution in [0.1, 0.15) is 16.7 Å². The Morgan fingerprint density at radius 3 is 2.68 bits per heavy atom. The first-order valence-corrected chi connectivity index (χ1v) is 6.62. The monoisotopic (exact) mass is 318 g/mol. The molecule has 7 heteroatoms. The molecule has 0 aromatic heterocycles. The van der Waals surface area contributed by atoms with Crippen LogP contribution < -0.4 is 15.9 Å². The second kappa shape index (κ2) is 6.83. The number of rotatable bonds is 4. The van der Waals surface area contributed by atoms with Gasteiger partial charge in [-0.3, -0.25) is 5.41 Å². The van der Waals surface area contributed by atoms with Crippen LogP contribution >= 0.6 is 12.4 Å². The molecule has 1 heterocycles. The predicted molar refractivity (Wildman–Crippen MR) is 87.9 cm³/mol. The molecule has 0 radical (unpaired) electrons. The molecule has 0 bridgehead atoms. The molecule has 3 rings (SSSR count). The van der Waals surface area contributed by atoms with E-state index in [1.807, 2.05) is 18.2 Å². The van der Waals surface area contributed by atoms with Crippen molar-refractivity contribution in [2.24, 2.45) is 5.73 Å². The molecule has 0 amide bonds. The highest BCUT2D eigenvalue weighted by atomic mass is 35.5. The van der Waals surface area contributed by atoms with Gasteiger partial charge in [-0.2, -0.15) is 0 Å². The largest absolute Gasteiger partial charge is 0.491 e. The molecule has 1 aliphatic rings. The first-order chi connectivity index (χ1) is 10.1. The molecule has 4 N–H and O–H groups in total. The SMILES string of the molecule is Cl.N=C(N)c1ccc(OCc2ccc3c(c2)B(O)OC3)cc1. The van der Waals surface area contributed by atoms with Crippen molar-refractivity contribution in [1.82, 2.24) is 0 Å². The lowest BCUT2D eigenvalue weighted by Crippen LogP contribution is -2.28. The Morgan fingerprint density at radius 1 is 1.27 bits per heavy atom. The summed E-state index contributed by atoms with van der Waals surface area (Å²) in [7, 11) is -0.838. The Morgan fingerprint density at radius 2 is 2.00 bits per heavy atom. The quantitative estimate of drug-likeness (QED) is 0.449. The Labute approximate surface area is 135 Å². The molecule has 0 saturated heterocycles. The zero-order valence-electron chi connectivity index (χ0n) is 11.8. The second-order valence-corrected chi connectivity index (χ2v) is 4.92. The smallest absolute Gasteiger partial charge is 0.489 e. The van der Waals surface area contributed by atoms with E-state index in [1.165, 1.54) is 0 Å². The molecule has 1 aliphatic heterocycles. The van der Waals surface area contributed by atoms with Gasteiger partial charge in [0, 0.05) is 5.56 Å². The summed E-state index contributed by atoms with van der Waals surface area (Å²) in [4.78, 5) is 0. The molecule has 5 nitrogen and oxygen atoms in total. The van der Waals surface area contributed by atoms with Crippen LogP contribution in [0, 0.1) is 5.41 Å². The summed E-state index contributed by atoms with van der Waals surface area (Å²) >= 11 is 0. The first-order valence-electron chi connectivity index (χ1n) is 6.62. The molecule has 0 unspecified atom stereocenters. The van der Waals surface area contributed by atoms with Crippen molar-refractivity contribution in [2.45, 2.75) is 13.2 Å². The van der Waals surface area contributed by atoms with Gasteiger partial charge < -0.3 is 20.1 Å². The van der Waals surface area contributed by atoms with Gasteiger partial charge in [-0.05, 0) is 40.9 Å². The fourth-order valence-corrected chi connectivity index (χ4v) is 2.25. The van der Waals surface area contributed by atoms with Crippen molar-refractivity contribution in [3.63, 3.8) is 0 Å². The average molecular weight is 319 g/mol. The molecule has 22 heavy (non-hydrogen) atoms. The molecule has 2 aromatic rings. The van der Waals surface area contributed by atoms with Crippen molar-refractivity contribution >= 4 is 30.8 Å². The fraction of sp³-hybridized carbons (Fsp3) is 0.133. The third-order valence-electron chi connectivity index (χ3n) is 3.44. The van der Waals surface area contributed by atoms with E-state index >= 15 is 0 Å². The summed E-state index contributed by atoms with van der Waals surface area (Å²) in [5, 5.41) is 17.0. The average Bonchev–Trinajstić information content (AvgIpc) is 2.87. The third-order valence-corrected chi connectivity index (χ3v) is 3.44. The normalized spacial score (nSPS) is 12.5. The van der Waals surface area contributed by atoms with Crippen LogP contribution in [0.15, 0.2) is 42.5 Å². The molecule has 2 aromatic carbocycles. The summed E-state index contributed by atoms with van der Waals surface area (Å²) < 4.78 is 10.8. The van der Waals surface area contributed by atoms with Gasteiger partial charge in [0.1, 0.15) is 18.2 Å². The first kappa shape index (κ1) is 16.4. The Kier molecular flexibility index (Phi) is 5.08. The van der Waals surface area contributed by atoms with Gasteiger partial charge >= 0.3 is 7.12 Å². The summed E-state index contributed by atoms with van der Waals surface area (Å²) in [6, 6.07) is 12.9. The van der Waals surface area contributed by atoms with Gasteiger partial charge in [-0.1, -0.05) is 18.2 Å². The maximum atomic E-state index is 9.68. The minimum absolute atomic E-state index is 0. The van der Waals surface area contributed by atoms with Gasteiger partial charge in [0.25, 0.3) is 0 Å². The minimum Gasteiger partial charge on any atom is -0.489 e. The Balaban J connectivity index is 0.00000176. The summed E-state index contributed by atoms with van der Waals surface area (Å²) in [6.07, 6.45) is 0. The van der Waals surface area contributed by atoms with Crippen LogP contribution in [0.2, 0.25) is 0 Å². The lowest BCUT2D eigenvalue weighted by Gasteiger charge is -2.08. The van der Waals surface area contributed by atoms with Crippen LogP contribution in [0.4, 0.5) is 0 Å².